The van der Waals surface area contributed by atoms with Crippen molar-refractivity contribution in [2.24, 2.45) is 7.05 Å². The highest BCUT2D eigenvalue weighted by Gasteiger charge is 1.92. The topological polar surface area (TPSA) is 55.1 Å². The lowest BCUT2D eigenvalue weighted by molar-refractivity contribution is -0.135. The first-order valence-corrected chi connectivity index (χ1v) is 3.38. The van der Waals surface area contributed by atoms with Crippen LogP contribution >= 0.6 is 0 Å². The fourth-order valence-electron chi connectivity index (χ4n) is 0.685. The van der Waals surface area contributed by atoms with Crippen molar-refractivity contribution in [3.8, 4) is 11.8 Å². The summed E-state index contributed by atoms with van der Waals surface area (Å²) in [7, 11) is 1.80. The van der Waals surface area contributed by atoms with Gasteiger partial charge >= 0.3 is 5.97 Å². The number of imidazole rings is 1. The number of nitrogens with zero attached hydrogens (tertiary/aromatic N) is 2. The number of hydrogen-bond donors (Lipinski definition) is 1. The lowest BCUT2D eigenvalue weighted by Gasteiger charge is -1.88. The SMILES string of the molecule is Cn1ccnc1C#CCC(=O)O. The molecule has 1 rings (SSSR count). The number of carboxylic acid groups (broad SMARTS) is 1. The van der Waals surface area contributed by atoms with E-state index in [4.69, 9.17) is 5.11 Å². The van der Waals surface area contributed by atoms with Crippen LogP contribution in [0.5, 0.6) is 0 Å². The van der Waals surface area contributed by atoms with Crippen LogP contribution < -0.4 is 0 Å². The van der Waals surface area contributed by atoms with Gasteiger partial charge in [-0.1, -0.05) is 5.92 Å². The van der Waals surface area contributed by atoms with Crippen molar-refractivity contribution in [2.45, 2.75) is 6.42 Å². The number of carboxylic acids is 1. The van der Waals surface area contributed by atoms with Gasteiger partial charge in [0, 0.05) is 19.4 Å². The molecule has 0 amide bonds. The second kappa shape index (κ2) is 3.58. The van der Waals surface area contributed by atoms with Gasteiger partial charge in [0.1, 0.15) is 6.42 Å². The fraction of sp³-hybridized carbons (Fsp3) is 0.250. The monoisotopic (exact) mass is 164 g/mol. The van der Waals surface area contributed by atoms with Crippen LogP contribution in [0, 0.1) is 11.8 Å². The third-order valence-corrected chi connectivity index (χ3v) is 1.26. The Kier molecular flexibility index (Phi) is 2.49. The Morgan fingerprint density at radius 2 is 2.58 bits per heavy atom. The van der Waals surface area contributed by atoms with E-state index in [0.717, 1.165) is 0 Å². The van der Waals surface area contributed by atoms with Crippen molar-refractivity contribution < 1.29 is 9.90 Å². The maximum atomic E-state index is 10.1. The highest BCUT2D eigenvalue weighted by atomic mass is 16.4. The Morgan fingerprint density at radius 1 is 1.83 bits per heavy atom. The molecule has 0 fully saturated rings. The van der Waals surface area contributed by atoms with E-state index in [0.29, 0.717) is 5.82 Å². The summed E-state index contributed by atoms with van der Waals surface area (Å²) in [6.07, 6.45) is 3.22. The van der Waals surface area contributed by atoms with Crippen LogP contribution in [-0.2, 0) is 11.8 Å². The van der Waals surface area contributed by atoms with Gasteiger partial charge in [-0.25, -0.2) is 4.98 Å². The van der Waals surface area contributed by atoms with E-state index in [1.54, 1.807) is 24.0 Å². The van der Waals surface area contributed by atoms with Gasteiger partial charge in [-0.2, -0.15) is 0 Å². The lowest BCUT2D eigenvalue weighted by Crippen LogP contribution is -1.93. The summed E-state index contributed by atoms with van der Waals surface area (Å²) in [6, 6.07) is 0. The predicted octanol–water partition coefficient (Wildman–Crippen LogP) is 0.246. The van der Waals surface area contributed by atoms with Crippen LogP contribution in [0.25, 0.3) is 0 Å². The molecular weight excluding hydrogens is 156 g/mol. The molecule has 1 N–H and O–H groups in total. The second-order valence-corrected chi connectivity index (χ2v) is 2.23. The normalized spacial score (nSPS) is 8.75. The molecular formula is C8H8N2O2. The van der Waals surface area contributed by atoms with E-state index >= 15 is 0 Å². The zero-order valence-corrected chi connectivity index (χ0v) is 6.61. The van der Waals surface area contributed by atoms with Gasteiger partial charge in [0.05, 0.1) is 0 Å². The molecule has 12 heavy (non-hydrogen) atoms. The first kappa shape index (κ1) is 8.34. The minimum Gasteiger partial charge on any atom is -0.481 e. The van der Waals surface area contributed by atoms with Gasteiger partial charge < -0.3 is 9.67 Å². The van der Waals surface area contributed by atoms with Crippen LogP contribution in [0.15, 0.2) is 12.4 Å². The number of hydrogen-bond acceptors (Lipinski definition) is 2. The Morgan fingerprint density at radius 3 is 3.08 bits per heavy atom. The highest BCUT2D eigenvalue weighted by molar-refractivity contribution is 5.70. The van der Waals surface area contributed by atoms with Crippen LogP contribution in [-0.4, -0.2) is 20.6 Å². The van der Waals surface area contributed by atoms with Gasteiger partial charge in [0.25, 0.3) is 0 Å². The molecule has 1 heterocycles. The molecule has 1 aromatic rings. The molecule has 0 aliphatic carbocycles. The van der Waals surface area contributed by atoms with Crippen molar-refractivity contribution in [1.29, 1.82) is 0 Å². The summed E-state index contributed by atoms with van der Waals surface area (Å²) in [4.78, 5) is 14.0. The molecule has 0 bridgehead atoms. The highest BCUT2D eigenvalue weighted by Crippen LogP contribution is 1.90. The minimum atomic E-state index is -0.920. The van der Waals surface area contributed by atoms with Gasteiger partial charge in [-0.05, 0) is 5.92 Å². The molecule has 0 saturated carbocycles. The largest absolute Gasteiger partial charge is 0.481 e. The fourth-order valence-corrected chi connectivity index (χ4v) is 0.685. The Balaban J connectivity index is 2.67. The number of aliphatic carboxylic acids is 1. The molecule has 1 aromatic heterocycles. The predicted molar refractivity (Wildman–Crippen MR) is 42.3 cm³/mol. The summed E-state index contributed by atoms with van der Waals surface area (Å²) >= 11 is 0. The van der Waals surface area contributed by atoms with Gasteiger partial charge in [-0.3, -0.25) is 4.79 Å². The van der Waals surface area contributed by atoms with E-state index in [-0.39, 0.29) is 6.42 Å². The van der Waals surface area contributed by atoms with Crippen LogP contribution in [0.2, 0.25) is 0 Å². The van der Waals surface area contributed by atoms with Crippen molar-refractivity contribution in [3.63, 3.8) is 0 Å². The van der Waals surface area contributed by atoms with E-state index in [9.17, 15) is 4.79 Å². The Hall–Kier alpha value is -1.76. The minimum absolute atomic E-state index is 0.146. The summed E-state index contributed by atoms with van der Waals surface area (Å²) in [5.41, 5.74) is 0. The average Bonchev–Trinajstić information content (AvgIpc) is 2.36. The van der Waals surface area contributed by atoms with Gasteiger partial charge in [0.15, 0.2) is 5.82 Å². The zero-order chi connectivity index (χ0) is 8.97. The zero-order valence-electron chi connectivity index (χ0n) is 6.61. The molecule has 4 nitrogen and oxygen atoms in total. The molecule has 0 radical (unpaired) electrons. The third kappa shape index (κ3) is 2.13. The number of aromatic nitrogens is 2. The third-order valence-electron chi connectivity index (χ3n) is 1.26. The van der Waals surface area contributed by atoms with E-state index in [2.05, 4.69) is 16.8 Å². The lowest BCUT2D eigenvalue weighted by atomic mass is 10.4. The van der Waals surface area contributed by atoms with Crippen LogP contribution in [0.1, 0.15) is 12.2 Å². The molecule has 0 atom stereocenters. The number of aryl methyl sites for hydroxylation is 1. The van der Waals surface area contributed by atoms with Gasteiger partial charge in [-0.15, -0.1) is 0 Å². The molecule has 0 aromatic carbocycles. The molecule has 0 unspecified atom stereocenters. The smallest absolute Gasteiger partial charge is 0.315 e. The number of carbonyl (C=O) groups is 1. The summed E-state index contributed by atoms with van der Waals surface area (Å²) in [5, 5.41) is 8.28. The van der Waals surface area contributed by atoms with Crippen molar-refractivity contribution >= 4 is 5.97 Å². The maximum Gasteiger partial charge on any atom is 0.315 e. The second-order valence-electron chi connectivity index (χ2n) is 2.23. The van der Waals surface area contributed by atoms with E-state index in [1.807, 2.05) is 0 Å². The molecule has 0 aliphatic heterocycles. The van der Waals surface area contributed by atoms with Crippen molar-refractivity contribution in [3.05, 3.63) is 18.2 Å². The average molecular weight is 164 g/mol. The quantitative estimate of drug-likeness (QED) is 0.605. The molecule has 0 aliphatic rings. The first-order valence-electron chi connectivity index (χ1n) is 3.38. The Bertz CT molecular complexity index is 343. The van der Waals surface area contributed by atoms with Gasteiger partial charge in [0.2, 0.25) is 0 Å². The number of rotatable bonds is 1. The first-order chi connectivity index (χ1) is 5.70. The molecule has 0 spiro atoms. The molecule has 62 valence electrons. The van der Waals surface area contributed by atoms with Crippen molar-refractivity contribution in [2.75, 3.05) is 0 Å². The Labute approximate surface area is 69.8 Å². The van der Waals surface area contributed by atoms with Crippen LogP contribution in [0.3, 0.4) is 0 Å². The maximum absolute atomic E-state index is 10.1. The summed E-state index contributed by atoms with van der Waals surface area (Å²) < 4.78 is 1.73. The standard InChI is InChI=1S/C8H8N2O2/c1-10-6-5-9-7(10)3-2-4-8(11)12/h5-6H,4H2,1H3,(H,11,12). The molecule has 0 saturated heterocycles. The van der Waals surface area contributed by atoms with E-state index < -0.39 is 5.97 Å². The summed E-state index contributed by atoms with van der Waals surface area (Å²) in [6.45, 7) is 0. The summed E-state index contributed by atoms with van der Waals surface area (Å²) in [5.74, 6) is 4.80. The van der Waals surface area contributed by atoms with Crippen molar-refractivity contribution in [1.82, 2.24) is 9.55 Å². The van der Waals surface area contributed by atoms with E-state index in [1.165, 1.54) is 0 Å². The van der Waals surface area contributed by atoms with Crippen LogP contribution in [0.4, 0.5) is 0 Å². The molecule has 4 heteroatoms.